The minimum absolute atomic E-state index is 0.372. The van der Waals surface area contributed by atoms with Crippen LogP contribution in [0.3, 0.4) is 0 Å². The molecule has 5 nitrogen and oxygen atoms in total. The van der Waals surface area contributed by atoms with Crippen LogP contribution >= 0.6 is 0 Å². The molecule has 0 radical (unpaired) electrons. The number of aromatic nitrogens is 3. The SMILES string of the molecule is CC1CCN(Cc2ncnn2C(C)C)CC1CN. The number of nitrogens with zero attached hydrogens (tertiary/aromatic N) is 4. The Hall–Kier alpha value is -0.940. The number of nitrogens with two attached hydrogens (primary N) is 1. The highest BCUT2D eigenvalue weighted by molar-refractivity contribution is 4.89. The lowest BCUT2D eigenvalue weighted by molar-refractivity contribution is 0.121. The first-order valence-electron chi connectivity index (χ1n) is 6.92. The van der Waals surface area contributed by atoms with E-state index in [9.17, 15) is 0 Å². The summed E-state index contributed by atoms with van der Waals surface area (Å²) in [5.74, 6) is 2.43. The molecule has 1 aliphatic heterocycles. The average Bonchev–Trinajstić information content (AvgIpc) is 2.80. The van der Waals surface area contributed by atoms with Crippen LogP contribution in [0.25, 0.3) is 0 Å². The van der Waals surface area contributed by atoms with Gasteiger partial charge in [-0.25, -0.2) is 9.67 Å². The predicted octanol–water partition coefficient (Wildman–Crippen LogP) is 1.28. The van der Waals surface area contributed by atoms with Gasteiger partial charge in [0.15, 0.2) is 0 Å². The Bertz CT molecular complexity index is 373. The molecule has 18 heavy (non-hydrogen) atoms. The molecular weight excluding hydrogens is 226 g/mol. The van der Waals surface area contributed by atoms with Crippen molar-refractivity contribution in [3.8, 4) is 0 Å². The van der Waals surface area contributed by atoms with Gasteiger partial charge in [0.05, 0.1) is 6.54 Å². The van der Waals surface area contributed by atoms with E-state index in [1.807, 2.05) is 4.68 Å². The highest BCUT2D eigenvalue weighted by Crippen LogP contribution is 2.23. The fraction of sp³-hybridized carbons (Fsp3) is 0.846. The van der Waals surface area contributed by atoms with Gasteiger partial charge in [0.1, 0.15) is 12.2 Å². The standard InChI is InChI=1S/C13H25N5/c1-10(2)18-13(15-9-16-18)8-17-5-4-11(3)12(6-14)7-17/h9-12H,4-8,14H2,1-3H3. The molecular formula is C13H25N5. The summed E-state index contributed by atoms with van der Waals surface area (Å²) in [4.78, 5) is 6.84. The van der Waals surface area contributed by atoms with Gasteiger partial charge in [-0.1, -0.05) is 6.92 Å². The van der Waals surface area contributed by atoms with Crippen molar-refractivity contribution in [2.75, 3.05) is 19.6 Å². The molecule has 1 saturated heterocycles. The largest absolute Gasteiger partial charge is 0.330 e. The number of likely N-dealkylation sites (tertiary alicyclic amines) is 1. The maximum absolute atomic E-state index is 5.85. The third-order valence-electron chi connectivity index (χ3n) is 4.00. The van der Waals surface area contributed by atoms with E-state index in [0.29, 0.717) is 12.0 Å². The van der Waals surface area contributed by atoms with Crippen molar-refractivity contribution in [1.29, 1.82) is 0 Å². The van der Waals surface area contributed by atoms with E-state index in [1.165, 1.54) is 6.42 Å². The lowest BCUT2D eigenvalue weighted by Gasteiger charge is -2.36. The third-order valence-corrected chi connectivity index (χ3v) is 4.00. The molecule has 0 spiro atoms. The maximum atomic E-state index is 5.85. The minimum Gasteiger partial charge on any atom is -0.330 e. The van der Waals surface area contributed by atoms with E-state index in [2.05, 4.69) is 35.8 Å². The average molecular weight is 251 g/mol. The quantitative estimate of drug-likeness (QED) is 0.875. The van der Waals surface area contributed by atoms with Gasteiger partial charge in [-0.05, 0) is 45.2 Å². The summed E-state index contributed by atoms with van der Waals surface area (Å²) in [6.07, 6.45) is 2.89. The predicted molar refractivity (Wildman–Crippen MR) is 72.0 cm³/mol. The molecule has 0 aromatic carbocycles. The maximum Gasteiger partial charge on any atom is 0.141 e. The molecule has 2 rings (SSSR count). The van der Waals surface area contributed by atoms with Gasteiger partial charge >= 0.3 is 0 Å². The lowest BCUT2D eigenvalue weighted by Crippen LogP contribution is -2.42. The first-order chi connectivity index (χ1) is 8.61. The van der Waals surface area contributed by atoms with Crippen LogP contribution in [0.2, 0.25) is 0 Å². The molecule has 1 aromatic rings. The van der Waals surface area contributed by atoms with Crippen LogP contribution in [0.4, 0.5) is 0 Å². The zero-order valence-electron chi connectivity index (χ0n) is 11.7. The van der Waals surface area contributed by atoms with E-state index in [1.54, 1.807) is 6.33 Å². The second-order valence-electron chi connectivity index (χ2n) is 5.71. The number of rotatable bonds is 4. The van der Waals surface area contributed by atoms with Crippen molar-refractivity contribution in [2.24, 2.45) is 17.6 Å². The van der Waals surface area contributed by atoms with Crippen LogP contribution < -0.4 is 5.73 Å². The molecule has 2 atom stereocenters. The Morgan fingerprint density at radius 2 is 2.28 bits per heavy atom. The highest BCUT2D eigenvalue weighted by atomic mass is 15.4. The van der Waals surface area contributed by atoms with Crippen LogP contribution in [0.15, 0.2) is 6.33 Å². The summed E-state index contributed by atoms with van der Waals surface area (Å²) < 4.78 is 2.01. The van der Waals surface area contributed by atoms with Crippen LogP contribution in [0, 0.1) is 11.8 Å². The summed E-state index contributed by atoms with van der Waals surface area (Å²) in [6.45, 7) is 10.5. The molecule has 1 aromatic heterocycles. The van der Waals surface area contributed by atoms with E-state index in [-0.39, 0.29) is 0 Å². The summed E-state index contributed by atoms with van der Waals surface area (Å²) in [7, 11) is 0. The number of hydrogen-bond donors (Lipinski definition) is 1. The van der Waals surface area contributed by atoms with E-state index in [0.717, 1.165) is 37.9 Å². The second-order valence-corrected chi connectivity index (χ2v) is 5.71. The van der Waals surface area contributed by atoms with Gasteiger partial charge < -0.3 is 5.73 Å². The van der Waals surface area contributed by atoms with Gasteiger partial charge in [0, 0.05) is 12.6 Å². The smallest absolute Gasteiger partial charge is 0.141 e. The third kappa shape index (κ3) is 2.90. The van der Waals surface area contributed by atoms with Crippen molar-refractivity contribution < 1.29 is 0 Å². The lowest BCUT2D eigenvalue weighted by atomic mass is 9.87. The molecule has 5 heteroatoms. The van der Waals surface area contributed by atoms with Crippen LogP contribution in [-0.2, 0) is 6.54 Å². The molecule has 0 saturated carbocycles. The van der Waals surface area contributed by atoms with Crippen molar-refractivity contribution in [3.63, 3.8) is 0 Å². The zero-order valence-corrected chi connectivity index (χ0v) is 11.7. The summed E-state index contributed by atoms with van der Waals surface area (Å²) in [5.41, 5.74) is 5.85. The number of hydrogen-bond acceptors (Lipinski definition) is 4. The van der Waals surface area contributed by atoms with Crippen molar-refractivity contribution in [1.82, 2.24) is 19.7 Å². The molecule has 1 aliphatic rings. The summed E-state index contributed by atoms with van der Waals surface area (Å²) in [5, 5.41) is 4.29. The second kappa shape index (κ2) is 5.80. The molecule has 0 aliphatic carbocycles. The van der Waals surface area contributed by atoms with Crippen molar-refractivity contribution in [2.45, 2.75) is 39.8 Å². The first kappa shape index (κ1) is 13.5. The first-order valence-corrected chi connectivity index (χ1v) is 6.92. The fourth-order valence-corrected chi connectivity index (χ4v) is 2.69. The molecule has 2 heterocycles. The fourth-order valence-electron chi connectivity index (χ4n) is 2.69. The van der Waals surface area contributed by atoms with E-state index in [4.69, 9.17) is 5.73 Å². The molecule has 0 amide bonds. The topological polar surface area (TPSA) is 60.0 Å². The molecule has 0 bridgehead atoms. The molecule has 102 valence electrons. The monoisotopic (exact) mass is 251 g/mol. The Balaban J connectivity index is 1.99. The van der Waals surface area contributed by atoms with Gasteiger partial charge in [-0.15, -0.1) is 0 Å². The van der Waals surface area contributed by atoms with Gasteiger partial charge in [-0.2, -0.15) is 5.10 Å². The normalized spacial score (nSPS) is 25.8. The van der Waals surface area contributed by atoms with Gasteiger partial charge in [0.25, 0.3) is 0 Å². The highest BCUT2D eigenvalue weighted by Gasteiger charge is 2.26. The summed E-state index contributed by atoms with van der Waals surface area (Å²) in [6, 6.07) is 0.372. The van der Waals surface area contributed by atoms with Gasteiger partial charge in [-0.3, -0.25) is 4.90 Å². The molecule has 1 fully saturated rings. The molecule has 2 N–H and O–H groups in total. The van der Waals surface area contributed by atoms with Crippen LogP contribution in [0.5, 0.6) is 0 Å². The Morgan fingerprint density at radius 1 is 1.50 bits per heavy atom. The zero-order chi connectivity index (χ0) is 13.1. The van der Waals surface area contributed by atoms with Crippen LogP contribution in [-0.4, -0.2) is 39.3 Å². The Morgan fingerprint density at radius 3 is 2.94 bits per heavy atom. The molecule has 2 unspecified atom stereocenters. The van der Waals surface area contributed by atoms with E-state index >= 15 is 0 Å². The van der Waals surface area contributed by atoms with E-state index < -0.39 is 0 Å². The Labute approximate surface area is 109 Å². The Kier molecular flexibility index (Phi) is 4.35. The van der Waals surface area contributed by atoms with Crippen LogP contribution in [0.1, 0.15) is 39.1 Å². The number of piperidine rings is 1. The van der Waals surface area contributed by atoms with Gasteiger partial charge in [0.2, 0.25) is 0 Å². The minimum atomic E-state index is 0.372. The van der Waals surface area contributed by atoms with Crippen molar-refractivity contribution >= 4 is 0 Å². The summed E-state index contributed by atoms with van der Waals surface area (Å²) >= 11 is 0. The van der Waals surface area contributed by atoms with Crippen molar-refractivity contribution in [3.05, 3.63) is 12.2 Å².